The maximum absolute atomic E-state index is 8.77. The molecule has 142 valence electrons. The Hall–Kier alpha value is -1.66. The highest BCUT2D eigenvalue weighted by atomic mass is 79.9. The van der Waals surface area contributed by atoms with Gasteiger partial charge in [-0.05, 0) is 54.2 Å². The van der Waals surface area contributed by atoms with Crippen LogP contribution in [0.1, 0.15) is 41.3 Å². The van der Waals surface area contributed by atoms with Crippen molar-refractivity contribution in [2.24, 2.45) is 0 Å². The number of hydrogen-bond donors (Lipinski definition) is 3. The molecule has 1 aliphatic rings. The molecule has 1 heterocycles. The molecule has 3 aromatic rings. The molecular weight excluding hydrogens is 404 g/mol. The number of benzene rings is 2. The molecule has 0 fully saturated rings. The number of ether oxygens (including phenoxy) is 1. The number of hydrogen-bond acceptors (Lipinski definition) is 3. The predicted molar refractivity (Wildman–Crippen MR) is 112 cm³/mol. The first-order valence-electron chi connectivity index (χ1n) is 9.54. The summed E-state index contributed by atoms with van der Waals surface area (Å²) in [5.41, 5.74) is 6.44. The van der Waals surface area contributed by atoms with Crippen LogP contribution in [0.4, 0.5) is 0 Å². The summed E-state index contributed by atoms with van der Waals surface area (Å²) in [6.07, 6.45) is 3.52. The number of halogens is 1. The second-order valence-electron chi connectivity index (χ2n) is 7.13. The van der Waals surface area contributed by atoms with E-state index < -0.39 is 0 Å². The lowest BCUT2D eigenvalue weighted by molar-refractivity contribution is 0.0815. The Kier molecular flexibility index (Phi) is 5.93. The largest absolute Gasteiger partial charge is 0.394 e. The lowest BCUT2D eigenvalue weighted by Gasteiger charge is -2.24. The van der Waals surface area contributed by atoms with E-state index in [-0.39, 0.29) is 6.61 Å². The molecule has 0 saturated carbocycles. The van der Waals surface area contributed by atoms with Gasteiger partial charge in [-0.25, -0.2) is 0 Å². The number of aliphatic hydroxyl groups excluding tert-OH is 1. The fourth-order valence-electron chi connectivity index (χ4n) is 3.89. The van der Waals surface area contributed by atoms with Crippen molar-refractivity contribution in [1.29, 1.82) is 0 Å². The second kappa shape index (κ2) is 8.57. The fraction of sp³-hybridized carbons (Fsp3) is 0.364. The first-order valence-corrected chi connectivity index (χ1v) is 10.3. The Morgan fingerprint density at radius 1 is 1.15 bits per heavy atom. The summed E-state index contributed by atoms with van der Waals surface area (Å²) in [7, 11) is 0. The highest BCUT2D eigenvalue weighted by molar-refractivity contribution is 9.10. The standard InChI is InChI=1S/C22H25BrN2O2/c23-17-8-9-20-19(12-17)18-2-1-3-21(22(18)25-20)24-13-15-4-6-16(7-5-15)14-27-11-10-26/h4-9,12,21,24-26H,1-3,10-11,13-14H2/t21-/m1/s1. The maximum atomic E-state index is 8.77. The highest BCUT2D eigenvalue weighted by Gasteiger charge is 2.23. The van der Waals surface area contributed by atoms with Gasteiger partial charge in [0.05, 0.1) is 19.8 Å². The van der Waals surface area contributed by atoms with Gasteiger partial charge in [0, 0.05) is 33.7 Å². The molecule has 0 bridgehead atoms. The fourth-order valence-corrected chi connectivity index (χ4v) is 4.25. The Bertz CT molecular complexity index is 905. The quantitative estimate of drug-likeness (QED) is 0.481. The molecule has 0 saturated heterocycles. The Morgan fingerprint density at radius 2 is 1.96 bits per heavy atom. The predicted octanol–water partition coefficient (Wildman–Crippen LogP) is 4.61. The van der Waals surface area contributed by atoms with Gasteiger partial charge in [0.15, 0.2) is 0 Å². The van der Waals surface area contributed by atoms with Crippen LogP contribution in [0, 0.1) is 0 Å². The molecule has 4 rings (SSSR count). The average molecular weight is 429 g/mol. The van der Waals surface area contributed by atoms with Crippen molar-refractivity contribution >= 4 is 26.8 Å². The molecule has 1 aliphatic carbocycles. The minimum Gasteiger partial charge on any atom is -0.394 e. The van der Waals surface area contributed by atoms with Gasteiger partial charge in [-0.15, -0.1) is 0 Å². The van der Waals surface area contributed by atoms with Gasteiger partial charge in [0.2, 0.25) is 0 Å². The van der Waals surface area contributed by atoms with Crippen LogP contribution < -0.4 is 5.32 Å². The minimum atomic E-state index is 0.0656. The molecule has 1 atom stereocenters. The Morgan fingerprint density at radius 3 is 2.78 bits per heavy atom. The minimum absolute atomic E-state index is 0.0656. The van der Waals surface area contributed by atoms with E-state index in [1.54, 1.807) is 0 Å². The maximum Gasteiger partial charge on any atom is 0.0718 e. The van der Waals surface area contributed by atoms with E-state index in [1.807, 2.05) is 0 Å². The summed E-state index contributed by atoms with van der Waals surface area (Å²) >= 11 is 3.60. The zero-order chi connectivity index (χ0) is 18.6. The number of fused-ring (bicyclic) bond motifs is 3. The first-order chi connectivity index (χ1) is 13.2. The summed E-state index contributed by atoms with van der Waals surface area (Å²) in [5.74, 6) is 0. The smallest absolute Gasteiger partial charge is 0.0718 e. The lowest BCUT2D eigenvalue weighted by atomic mass is 9.91. The van der Waals surface area contributed by atoms with Crippen LogP contribution >= 0.6 is 15.9 Å². The van der Waals surface area contributed by atoms with Crippen molar-refractivity contribution in [3.05, 3.63) is 69.3 Å². The number of nitrogens with one attached hydrogen (secondary N) is 2. The molecule has 1 aromatic heterocycles. The first kappa shape index (κ1) is 18.7. The number of aliphatic hydroxyl groups is 1. The summed E-state index contributed by atoms with van der Waals surface area (Å²) in [4.78, 5) is 3.65. The molecule has 0 unspecified atom stereocenters. The molecule has 0 radical (unpaired) electrons. The number of aromatic amines is 1. The van der Waals surface area contributed by atoms with Gasteiger partial charge in [-0.2, -0.15) is 0 Å². The van der Waals surface area contributed by atoms with E-state index in [0.717, 1.165) is 29.4 Å². The van der Waals surface area contributed by atoms with Gasteiger partial charge in [0.1, 0.15) is 0 Å². The molecule has 0 aliphatic heterocycles. The molecule has 0 amide bonds. The van der Waals surface area contributed by atoms with Gasteiger partial charge < -0.3 is 20.1 Å². The van der Waals surface area contributed by atoms with Crippen LogP contribution in [0.5, 0.6) is 0 Å². The van der Waals surface area contributed by atoms with E-state index in [4.69, 9.17) is 9.84 Å². The topological polar surface area (TPSA) is 57.3 Å². The van der Waals surface area contributed by atoms with Gasteiger partial charge in [0.25, 0.3) is 0 Å². The number of aromatic nitrogens is 1. The normalized spacial score (nSPS) is 16.6. The van der Waals surface area contributed by atoms with E-state index >= 15 is 0 Å². The van der Waals surface area contributed by atoms with Gasteiger partial charge >= 0.3 is 0 Å². The number of rotatable bonds is 7. The molecule has 0 spiro atoms. The third-order valence-corrected chi connectivity index (χ3v) is 5.74. The molecule has 5 heteroatoms. The monoisotopic (exact) mass is 428 g/mol. The molecule has 3 N–H and O–H groups in total. The molecule has 2 aromatic carbocycles. The Labute approximate surface area is 168 Å². The van der Waals surface area contributed by atoms with Crippen molar-refractivity contribution in [2.75, 3.05) is 13.2 Å². The van der Waals surface area contributed by atoms with Gasteiger partial charge in [-0.1, -0.05) is 40.2 Å². The summed E-state index contributed by atoms with van der Waals surface area (Å²) in [5, 5.41) is 13.9. The van der Waals surface area contributed by atoms with Crippen LogP contribution in [0.3, 0.4) is 0 Å². The van der Waals surface area contributed by atoms with Crippen LogP contribution in [0.2, 0.25) is 0 Å². The van der Waals surface area contributed by atoms with E-state index in [0.29, 0.717) is 19.3 Å². The van der Waals surface area contributed by atoms with Crippen LogP contribution in [0.15, 0.2) is 46.9 Å². The van der Waals surface area contributed by atoms with Gasteiger partial charge in [-0.3, -0.25) is 0 Å². The summed E-state index contributed by atoms with van der Waals surface area (Å²) < 4.78 is 6.50. The van der Waals surface area contributed by atoms with Crippen molar-refractivity contribution in [3.63, 3.8) is 0 Å². The molecule has 27 heavy (non-hydrogen) atoms. The summed E-state index contributed by atoms with van der Waals surface area (Å²) in [6, 6.07) is 15.3. The molecule has 4 nitrogen and oxygen atoms in total. The number of aryl methyl sites for hydroxylation is 1. The zero-order valence-electron chi connectivity index (χ0n) is 15.3. The van der Waals surface area contributed by atoms with Crippen molar-refractivity contribution in [3.8, 4) is 0 Å². The molecular formula is C22H25BrN2O2. The van der Waals surface area contributed by atoms with E-state index in [2.05, 4.69) is 68.7 Å². The van der Waals surface area contributed by atoms with E-state index in [9.17, 15) is 0 Å². The van der Waals surface area contributed by atoms with Crippen molar-refractivity contribution in [2.45, 2.75) is 38.5 Å². The lowest BCUT2D eigenvalue weighted by Crippen LogP contribution is -2.24. The zero-order valence-corrected chi connectivity index (χ0v) is 16.9. The third kappa shape index (κ3) is 4.27. The number of H-pyrrole nitrogens is 1. The van der Waals surface area contributed by atoms with E-state index in [1.165, 1.54) is 34.1 Å². The summed E-state index contributed by atoms with van der Waals surface area (Å²) in [6.45, 7) is 1.84. The van der Waals surface area contributed by atoms with Crippen molar-refractivity contribution < 1.29 is 9.84 Å². The van der Waals surface area contributed by atoms with Crippen LogP contribution in [-0.2, 0) is 24.3 Å². The SMILES string of the molecule is OCCOCc1ccc(CN[C@@H]2CCCc3c2[nH]c2ccc(Br)cc32)cc1. The van der Waals surface area contributed by atoms with Crippen LogP contribution in [0.25, 0.3) is 10.9 Å². The second-order valence-corrected chi connectivity index (χ2v) is 8.04. The Balaban J connectivity index is 1.43. The average Bonchev–Trinajstić information content (AvgIpc) is 3.06. The van der Waals surface area contributed by atoms with Crippen molar-refractivity contribution in [1.82, 2.24) is 10.3 Å². The third-order valence-electron chi connectivity index (χ3n) is 5.25. The highest BCUT2D eigenvalue weighted by Crippen LogP contribution is 2.35. The van der Waals surface area contributed by atoms with Crippen LogP contribution in [-0.4, -0.2) is 23.3 Å².